The van der Waals surface area contributed by atoms with Gasteiger partial charge in [-0.3, -0.25) is 4.79 Å². The monoisotopic (exact) mass is 391 g/mol. The van der Waals surface area contributed by atoms with E-state index in [4.69, 9.17) is 16.0 Å². The minimum Gasteiger partial charge on any atom is -0.411 e. The minimum absolute atomic E-state index is 0.0673. The molecule has 0 radical (unpaired) electrons. The molecular weight excluding hydrogens is 377 g/mol. The van der Waals surface area contributed by atoms with Gasteiger partial charge in [-0.15, -0.1) is 10.2 Å². The maximum atomic E-state index is 13.8. The van der Waals surface area contributed by atoms with Crippen molar-refractivity contribution in [2.75, 3.05) is 5.32 Å². The summed E-state index contributed by atoms with van der Waals surface area (Å²) in [4.78, 5) is 12.2. The van der Waals surface area contributed by atoms with Crippen molar-refractivity contribution in [1.82, 2.24) is 10.2 Å². The van der Waals surface area contributed by atoms with Crippen LogP contribution in [0.1, 0.15) is 12.5 Å². The van der Waals surface area contributed by atoms with E-state index in [-0.39, 0.29) is 21.8 Å². The third-order valence-corrected chi connectivity index (χ3v) is 4.71. The molecule has 1 amide bonds. The lowest BCUT2D eigenvalue weighted by Crippen LogP contribution is -2.23. The fraction of sp³-hybridized carbons (Fsp3) is 0.167. The van der Waals surface area contributed by atoms with Crippen LogP contribution >= 0.6 is 23.4 Å². The topological polar surface area (TPSA) is 68.0 Å². The van der Waals surface area contributed by atoms with E-state index in [0.717, 1.165) is 29.0 Å². The molecule has 0 aliphatic heterocycles. The van der Waals surface area contributed by atoms with Crippen LogP contribution in [-0.2, 0) is 4.79 Å². The molecule has 1 aromatic heterocycles. The van der Waals surface area contributed by atoms with Gasteiger partial charge in [-0.05, 0) is 44.2 Å². The van der Waals surface area contributed by atoms with Gasteiger partial charge in [0.25, 0.3) is 5.22 Å². The molecule has 0 aliphatic carbocycles. The first-order chi connectivity index (χ1) is 12.4. The number of nitrogens with zero attached hydrogens (tertiary/aromatic N) is 2. The molecule has 2 aromatic carbocycles. The molecule has 0 saturated heterocycles. The summed E-state index contributed by atoms with van der Waals surface area (Å²) < 4.78 is 19.4. The summed E-state index contributed by atoms with van der Waals surface area (Å²) in [7, 11) is 0. The predicted octanol–water partition coefficient (Wildman–Crippen LogP) is 4.96. The van der Waals surface area contributed by atoms with Gasteiger partial charge in [0.1, 0.15) is 5.82 Å². The Labute approximate surface area is 159 Å². The molecule has 0 unspecified atom stereocenters. The molecule has 0 aliphatic rings. The maximum Gasteiger partial charge on any atom is 0.277 e. The minimum atomic E-state index is -0.595. The Kier molecular flexibility index (Phi) is 5.58. The van der Waals surface area contributed by atoms with Gasteiger partial charge < -0.3 is 9.73 Å². The van der Waals surface area contributed by atoms with Crippen LogP contribution in [-0.4, -0.2) is 21.4 Å². The number of anilines is 1. The SMILES string of the molecule is Cc1ccc(-c2nnc(S[C@H](C)C(=O)Nc3ccc(Cl)cc3F)o2)cc1. The molecule has 3 rings (SSSR count). The number of amides is 1. The fourth-order valence-electron chi connectivity index (χ4n) is 2.10. The average Bonchev–Trinajstić information content (AvgIpc) is 3.06. The lowest BCUT2D eigenvalue weighted by atomic mass is 10.1. The van der Waals surface area contributed by atoms with Crippen molar-refractivity contribution in [3.8, 4) is 11.5 Å². The number of carbonyl (C=O) groups excluding carboxylic acids is 1. The second kappa shape index (κ2) is 7.88. The molecule has 26 heavy (non-hydrogen) atoms. The van der Waals surface area contributed by atoms with Crippen molar-refractivity contribution in [2.24, 2.45) is 0 Å². The van der Waals surface area contributed by atoms with E-state index in [1.54, 1.807) is 6.92 Å². The standard InChI is InChI=1S/C18H15ClFN3O2S/c1-10-3-5-12(6-4-10)17-22-23-18(25-17)26-11(2)16(24)21-15-8-7-13(19)9-14(15)20/h3-9,11H,1-2H3,(H,21,24)/t11-/m1/s1. The highest BCUT2D eigenvalue weighted by molar-refractivity contribution is 8.00. The van der Waals surface area contributed by atoms with Crippen LogP contribution in [0.2, 0.25) is 5.02 Å². The number of benzene rings is 2. The Morgan fingerprint density at radius 1 is 1.23 bits per heavy atom. The second-order valence-electron chi connectivity index (χ2n) is 5.61. The first-order valence-corrected chi connectivity index (χ1v) is 9.01. The van der Waals surface area contributed by atoms with Crippen LogP contribution in [0.3, 0.4) is 0 Å². The average molecular weight is 392 g/mol. The quantitative estimate of drug-likeness (QED) is 0.623. The highest BCUT2D eigenvalue weighted by atomic mass is 35.5. The molecule has 134 valence electrons. The number of aromatic nitrogens is 2. The highest BCUT2D eigenvalue weighted by Gasteiger charge is 2.20. The lowest BCUT2D eigenvalue weighted by Gasteiger charge is -2.10. The molecule has 8 heteroatoms. The second-order valence-corrected chi connectivity index (χ2v) is 7.34. The number of thioether (sulfide) groups is 1. The van der Waals surface area contributed by atoms with E-state index < -0.39 is 11.1 Å². The lowest BCUT2D eigenvalue weighted by molar-refractivity contribution is -0.115. The van der Waals surface area contributed by atoms with Crippen LogP contribution in [0.15, 0.2) is 52.1 Å². The summed E-state index contributed by atoms with van der Waals surface area (Å²) in [6.07, 6.45) is 0. The number of hydrogen-bond donors (Lipinski definition) is 1. The van der Waals surface area contributed by atoms with Crippen LogP contribution in [0, 0.1) is 12.7 Å². The zero-order valence-corrected chi connectivity index (χ0v) is 15.6. The first-order valence-electron chi connectivity index (χ1n) is 7.75. The molecule has 0 saturated carbocycles. The third kappa shape index (κ3) is 4.42. The number of aryl methyl sites for hydroxylation is 1. The normalized spacial score (nSPS) is 12.0. The number of halogens is 2. The molecule has 3 aromatic rings. The van der Waals surface area contributed by atoms with Gasteiger partial charge >= 0.3 is 0 Å². The third-order valence-electron chi connectivity index (χ3n) is 3.54. The number of nitrogens with one attached hydrogen (secondary N) is 1. The van der Waals surface area contributed by atoms with Crippen molar-refractivity contribution < 1.29 is 13.6 Å². The van der Waals surface area contributed by atoms with E-state index in [1.807, 2.05) is 31.2 Å². The zero-order chi connectivity index (χ0) is 18.7. The molecule has 5 nitrogen and oxygen atoms in total. The summed E-state index contributed by atoms with van der Waals surface area (Å²) in [5.41, 5.74) is 2.00. The van der Waals surface area contributed by atoms with Crippen molar-refractivity contribution >= 4 is 35.0 Å². The van der Waals surface area contributed by atoms with Crippen molar-refractivity contribution in [3.63, 3.8) is 0 Å². The van der Waals surface area contributed by atoms with Gasteiger partial charge in [0, 0.05) is 10.6 Å². The molecule has 1 N–H and O–H groups in total. The summed E-state index contributed by atoms with van der Waals surface area (Å²) in [5.74, 6) is -0.599. The van der Waals surface area contributed by atoms with Crippen molar-refractivity contribution in [2.45, 2.75) is 24.3 Å². The van der Waals surface area contributed by atoms with E-state index in [2.05, 4.69) is 15.5 Å². The number of hydrogen-bond acceptors (Lipinski definition) is 5. The van der Waals surface area contributed by atoms with Crippen LogP contribution in [0.5, 0.6) is 0 Å². The Balaban J connectivity index is 1.65. The van der Waals surface area contributed by atoms with Crippen molar-refractivity contribution in [1.29, 1.82) is 0 Å². The maximum absolute atomic E-state index is 13.8. The largest absolute Gasteiger partial charge is 0.411 e. The van der Waals surface area contributed by atoms with E-state index in [9.17, 15) is 9.18 Å². The predicted molar refractivity (Wildman–Crippen MR) is 99.8 cm³/mol. The van der Waals surface area contributed by atoms with Gasteiger partial charge in [0.2, 0.25) is 11.8 Å². The Morgan fingerprint density at radius 3 is 2.65 bits per heavy atom. The molecule has 0 spiro atoms. The number of carbonyl (C=O) groups is 1. The van der Waals surface area contributed by atoms with Gasteiger partial charge in [0.15, 0.2) is 0 Å². The summed E-state index contributed by atoms with van der Waals surface area (Å²) in [6, 6.07) is 11.7. The summed E-state index contributed by atoms with van der Waals surface area (Å²) >= 11 is 6.80. The van der Waals surface area contributed by atoms with Gasteiger partial charge in [0.05, 0.1) is 10.9 Å². The van der Waals surface area contributed by atoms with Crippen LogP contribution in [0.25, 0.3) is 11.5 Å². The molecule has 0 fully saturated rings. The first kappa shape index (κ1) is 18.4. The van der Waals surface area contributed by atoms with Gasteiger partial charge in [-0.2, -0.15) is 0 Å². The Morgan fingerprint density at radius 2 is 1.96 bits per heavy atom. The smallest absolute Gasteiger partial charge is 0.277 e. The zero-order valence-electron chi connectivity index (χ0n) is 14.0. The van der Waals surface area contributed by atoms with Gasteiger partial charge in [-0.1, -0.05) is 41.1 Å². The molecule has 1 heterocycles. The summed E-state index contributed by atoms with van der Waals surface area (Å²) in [5, 5.41) is 10.4. The molecular formula is C18H15ClFN3O2S. The van der Waals surface area contributed by atoms with Crippen LogP contribution < -0.4 is 5.32 Å². The fourth-order valence-corrected chi connectivity index (χ4v) is 2.94. The summed E-state index contributed by atoms with van der Waals surface area (Å²) in [6.45, 7) is 3.66. The van der Waals surface area contributed by atoms with E-state index >= 15 is 0 Å². The van der Waals surface area contributed by atoms with Crippen molar-refractivity contribution in [3.05, 3.63) is 58.9 Å². The Hall–Kier alpha value is -2.38. The highest BCUT2D eigenvalue weighted by Crippen LogP contribution is 2.27. The molecule has 0 bridgehead atoms. The molecule has 1 atom stereocenters. The van der Waals surface area contributed by atoms with E-state index in [1.165, 1.54) is 12.1 Å². The van der Waals surface area contributed by atoms with Gasteiger partial charge in [-0.25, -0.2) is 4.39 Å². The van der Waals surface area contributed by atoms with E-state index in [0.29, 0.717) is 5.89 Å². The van der Waals surface area contributed by atoms with Crippen LogP contribution in [0.4, 0.5) is 10.1 Å². The Bertz CT molecular complexity index is 930. The number of rotatable bonds is 5.